The monoisotopic (exact) mass is 364 g/mol. The summed E-state index contributed by atoms with van der Waals surface area (Å²) in [6, 6.07) is 1.91. The molecule has 2 atom stereocenters. The second-order valence-electron chi connectivity index (χ2n) is 7.07. The van der Waals surface area contributed by atoms with Crippen molar-refractivity contribution in [3.63, 3.8) is 0 Å². The highest BCUT2D eigenvalue weighted by atomic mass is 16.5. The lowest BCUT2D eigenvalue weighted by Crippen LogP contribution is -2.18. The lowest BCUT2D eigenvalue weighted by Gasteiger charge is -2.16. The summed E-state index contributed by atoms with van der Waals surface area (Å²) in [6.07, 6.45) is 11.3. The maximum Gasteiger partial charge on any atom is 0.308 e. The summed E-state index contributed by atoms with van der Waals surface area (Å²) >= 11 is 0. The first-order chi connectivity index (χ1) is 12.4. The van der Waals surface area contributed by atoms with Crippen LogP contribution in [-0.2, 0) is 20.7 Å². The molecule has 0 amide bonds. The predicted octanol–water partition coefficient (Wildman–Crippen LogP) is 5.01. The van der Waals surface area contributed by atoms with Crippen LogP contribution in [0.25, 0.3) is 0 Å². The van der Waals surface area contributed by atoms with Gasteiger partial charge >= 0.3 is 11.9 Å². The van der Waals surface area contributed by atoms with E-state index < -0.39 is 5.97 Å². The maximum absolute atomic E-state index is 11.9. The highest BCUT2D eigenvalue weighted by molar-refractivity contribution is 5.72. The Kier molecular flexibility index (Phi) is 10.4. The van der Waals surface area contributed by atoms with Crippen LogP contribution in [0.4, 0.5) is 0 Å². The van der Waals surface area contributed by atoms with Crippen molar-refractivity contribution in [3.05, 3.63) is 35.8 Å². The van der Waals surface area contributed by atoms with Crippen molar-refractivity contribution in [2.75, 3.05) is 7.11 Å². The van der Waals surface area contributed by atoms with Gasteiger partial charge in [-0.05, 0) is 70.4 Å². The van der Waals surface area contributed by atoms with Crippen molar-refractivity contribution in [2.45, 2.75) is 65.2 Å². The first-order valence-corrected chi connectivity index (χ1v) is 9.39. The topological polar surface area (TPSA) is 76.7 Å². The third-order valence-electron chi connectivity index (χ3n) is 4.65. The van der Waals surface area contributed by atoms with Gasteiger partial charge in [0.2, 0.25) is 0 Å². The Bertz CT molecular complexity index is 555. The Morgan fingerprint density at radius 1 is 1.15 bits per heavy atom. The molecule has 0 aliphatic heterocycles. The number of hydrogen-bond donors (Lipinski definition) is 1. The molecule has 0 aliphatic carbocycles. The Hall–Kier alpha value is -2.04. The van der Waals surface area contributed by atoms with Crippen molar-refractivity contribution in [1.82, 2.24) is 0 Å². The summed E-state index contributed by atoms with van der Waals surface area (Å²) in [7, 11) is 1.41. The lowest BCUT2D eigenvalue weighted by atomic mass is 9.90. The average molecular weight is 364 g/mol. The molecule has 1 rings (SSSR count). The molecule has 0 bridgehead atoms. The van der Waals surface area contributed by atoms with E-state index in [4.69, 9.17) is 9.15 Å². The first kappa shape index (κ1) is 22.0. The number of ether oxygens (including phenoxy) is 1. The molecule has 0 aromatic carbocycles. The van der Waals surface area contributed by atoms with Gasteiger partial charge in [-0.2, -0.15) is 0 Å². The molecule has 0 radical (unpaired) electrons. The van der Waals surface area contributed by atoms with Crippen LogP contribution in [0.2, 0.25) is 0 Å². The zero-order chi connectivity index (χ0) is 19.4. The molecule has 1 N–H and O–H groups in total. The molecule has 0 aliphatic rings. The molecule has 5 heteroatoms. The molecule has 146 valence electrons. The number of allylic oxidation sites excluding steroid dienone is 2. The molecule has 0 unspecified atom stereocenters. The fourth-order valence-corrected chi connectivity index (χ4v) is 3.11. The zero-order valence-electron chi connectivity index (χ0n) is 16.2. The second kappa shape index (κ2) is 12.3. The number of aliphatic carboxylic acids is 1. The fraction of sp³-hybridized carbons (Fsp3) is 0.619. The molecule has 5 nitrogen and oxygen atoms in total. The van der Waals surface area contributed by atoms with E-state index in [-0.39, 0.29) is 17.8 Å². The van der Waals surface area contributed by atoms with Gasteiger partial charge in [-0.3, -0.25) is 9.59 Å². The van der Waals surface area contributed by atoms with E-state index in [0.29, 0.717) is 19.3 Å². The maximum atomic E-state index is 11.9. The number of aryl methyl sites for hydroxylation is 1. The quantitative estimate of drug-likeness (QED) is 0.393. The van der Waals surface area contributed by atoms with Gasteiger partial charge in [-0.15, -0.1) is 0 Å². The second-order valence-corrected chi connectivity index (χ2v) is 7.07. The number of carboxylic acids is 1. The Morgan fingerprint density at radius 3 is 2.42 bits per heavy atom. The van der Waals surface area contributed by atoms with Gasteiger partial charge in [-0.25, -0.2) is 0 Å². The van der Waals surface area contributed by atoms with Crippen LogP contribution in [0.3, 0.4) is 0 Å². The molecule has 1 aromatic rings. The minimum Gasteiger partial charge on any atom is -0.481 e. The normalized spacial score (nSPS) is 13.0. The summed E-state index contributed by atoms with van der Waals surface area (Å²) in [6.45, 7) is 4.07. The highest BCUT2D eigenvalue weighted by Gasteiger charge is 2.21. The van der Waals surface area contributed by atoms with E-state index in [1.807, 2.05) is 19.9 Å². The number of carbonyl (C=O) groups is 2. The van der Waals surface area contributed by atoms with E-state index in [1.54, 1.807) is 12.5 Å². The number of carbonyl (C=O) groups excluding carboxylic acids is 1. The molecule has 0 spiro atoms. The van der Waals surface area contributed by atoms with Gasteiger partial charge in [0.05, 0.1) is 31.5 Å². The standard InChI is InChI=1S/C21H32O5/c1-16(2)7-4-11-19(21(24)25-3)12-6-10-18(20(22)23)9-5-8-17-13-14-26-15-17/h7,13-15,18-19H,4-6,8-12H2,1-3H3,(H,22,23)/t18-,19-/m1/s1. The van der Waals surface area contributed by atoms with E-state index in [1.165, 1.54) is 12.7 Å². The van der Waals surface area contributed by atoms with Crippen molar-refractivity contribution in [2.24, 2.45) is 11.8 Å². The van der Waals surface area contributed by atoms with Crippen LogP contribution in [0, 0.1) is 11.8 Å². The largest absolute Gasteiger partial charge is 0.481 e. The molecule has 0 fully saturated rings. The van der Waals surface area contributed by atoms with Crippen molar-refractivity contribution >= 4 is 11.9 Å². The number of esters is 1. The number of methoxy groups -OCH3 is 1. The van der Waals surface area contributed by atoms with E-state index in [9.17, 15) is 14.7 Å². The summed E-state index contributed by atoms with van der Waals surface area (Å²) in [5.41, 5.74) is 2.33. The molecule has 26 heavy (non-hydrogen) atoms. The number of carboxylic acid groups (broad SMARTS) is 1. The predicted molar refractivity (Wildman–Crippen MR) is 101 cm³/mol. The minimum absolute atomic E-state index is 0.157. The van der Waals surface area contributed by atoms with Gasteiger partial charge in [0.25, 0.3) is 0 Å². The lowest BCUT2D eigenvalue weighted by molar-refractivity contribution is -0.145. The first-order valence-electron chi connectivity index (χ1n) is 9.39. The molecular formula is C21H32O5. The average Bonchev–Trinajstić information content (AvgIpc) is 3.11. The third kappa shape index (κ3) is 8.88. The summed E-state index contributed by atoms with van der Waals surface area (Å²) in [5.74, 6) is -1.47. The van der Waals surface area contributed by atoms with Crippen LogP contribution in [-0.4, -0.2) is 24.2 Å². The summed E-state index contributed by atoms with van der Waals surface area (Å²) < 4.78 is 9.92. The summed E-state index contributed by atoms with van der Waals surface area (Å²) in [5, 5.41) is 9.44. The van der Waals surface area contributed by atoms with Gasteiger partial charge in [0, 0.05) is 0 Å². The highest BCUT2D eigenvalue weighted by Crippen LogP contribution is 2.22. The van der Waals surface area contributed by atoms with E-state index >= 15 is 0 Å². The van der Waals surface area contributed by atoms with Crippen LogP contribution >= 0.6 is 0 Å². The summed E-state index contributed by atoms with van der Waals surface area (Å²) in [4.78, 5) is 23.4. The van der Waals surface area contributed by atoms with Crippen molar-refractivity contribution < 1.29 is 23.8 Å². The zero-order valence-corrected chi connectivity index (χ0v) is 16.2. The fourth-order valence-electron chi connectivity index (χ4n) is 3.11. The molecular weight excluding hydrogens is 332 g/mol. The Labute approximate surface area is 156 Å². The smallest absolute Gasteiger partial charge is 0.308 e. The van der Waals surface area contributed by atoms with Gasteiger partial charge in [0.1, 0.15) is 0 Å². The SMILES string of the molecule is COC(=O)[C@H](CCC=C(C)C)CCC[C@@H](CCCc1ccoc1)C(=O)O. The van der Waals surface area contributed by atoms with Crippen LogP contribution in [0.1, 0.15) is 64.4 Å². The molecule has 1 aromatic heterocycles. The van der Waals surface area contributed by atoms with Gasteiger partial charge in [0.15, 0.2) is 0 Å². The minimum atomic E-state index is -0.753. The van der Waals surface area contributed by atoms with E-state index in [0.717, 1.165) is 37.7 Å². The number of furan rings is 1. The Morgan fingerprint density at radius 2 is 1.85 bits per heavy atom. The van der Waals surface area contributed by atoms with Gasteiger partial charge < -0.3 is 14.3 Å². The van der Waals surface area contributed by atoms with Crippen LogP contribution in [0.5, 0.6) is 0 Å². The van der Waals surface area contributed by atoms with Gasteiger partial charge in [-0.1, -0.05) is 18.1 Å². The Balaban J connectivity index is 2.40. The van der Waals surface area contributed by atoms with E-state index in [2.05, 4.69) is 6.08 Å². The third-order valence-corrected chi connectivity index (χ3v) is 4.65. The number of rotatable bonds is 13. The van der Waals surface area contributed by atoms with Crippen molar-refractivity contribution in [1.29, 1.82) is 0 Å². The van der Waals surface area contributed by atoms with Crippen LogP contribution < -0.4 is 0 Å². The molecule has 0 saturated heterocycles. The molecule has 1 heterocycles. The van der Waals surface area contributed by atoms with Crippen LogP contribution in [0.15, 0.2) is 34.7 Å². The number of hydrogen-bond acceptors (Lipinski definition) is 4. The van der Waals surface area contributed by atoms with Crippen molar-refractivity contribution in [3.8, 4) is 0 Å². The molecule has 0 saturated carbocycles.